The summed E-state index contributed by atoms with van der Waals surface area (Å²) >= 11 is 5.57. The number of carbonyl (C=O) groups excluding carboxylic acids is 1. The van der Waals surface area contributed by atoms with Gasteiger partial charge in [0.2, 0.25) is 0 Å². The normalized spacial score (nSPS) is 10.2. The van der Waals surface area contributed by atoms with Crippen LogP contribution in [0.5, 0.6) is 0 Å². The van der Waals surface area contributed by atoms with Crippen molar-refractivity contribution in [1.82, 2.24) is 10.2 Å². The van der Waals surface area contributed by atoms with Crippen LogP contribution in [-0.4, -0.2) is 16.1 Å². The van der Waals surface area contributed by atoms with Gasteiger partial charge in [0, 0.05) is 5.69 Å². The summed E-state index contributed by atoms with van der Waals surface area (Å²) in [6, 6.07) is 7.06. The lowest BCUT2D eigenvalue weighted by molar-refractivity contribution is 0.102. The Balaban J connectivity index is 2.21. The SMILES string of the molecule is Cc1ccc(F)cc1NC(=O)c1ccc(Cl)nn1. The highest BCUT2D eigenvalue weighted by Crippen LogP contribution is 2.16. The molecule has 0 saturated carbocycles. The summed E-state index contributed by atoms with van der Waals surface area (Å²) < 4.78 is 13.1. The Kier molecular flexibility index (Phi) is 3.53. The maximum atomic E-state index is 13.1. The largest absolute Gasteiger partial charge is 0.320 e. The van der Waals surface area contributed by atoms with Gasteiger partial charge >= 0.3 is 0 Å². The first-order chi connectivity index (χ1) is 8.56. The van der Waals surface area contributed by atoms with Crippen LogP contribution in [0.3, 0.4) is 0 Å². The van der Waals surface area contributed by atoms with Crippen molar-refractivity contribution < 1.29 is 9.18 Å². The second-order valence-electron chi connectivity index (χ2n) is 3.65. The van der Waals surface area contributed by atoms with Crippen molar-refractivity contribution in [3.63, 3.8) is 0 Å². The predicted molar refractivity (Wildman–Crippen MR) is 66.1 cm³/mol. The Labute approximate surface area is 108 Å². The molecule has 0 aliphatic heterocycles. The zero-order valence-corrected chi connectivity index (χ0v) is 10.2. The fourth-order valence-electron chi connectivity index (χ4n) is 1.35. The van der Waals surface area contributed by atoms with E-state index >= 15 is 0 Å². The van der Waals surface area contributed by atoms with Gasteiger partial charge < -0.3 is 5.32 Å². The molecule has 0 bridgehead atoms. The summed E-state index contributed by atoms with van der Waals surface area (Å²) in [5, 5.41) is 9.97. The molecule has 0 aliphatic carbocycles. The summed E-state index contributed by atoms with van der Waals surface area (Å²) in [5.74, 6) is -0.883. The number of halogens is 2. The molecule has 1 N–H and O–H groups in total. The second kappa shape index (κ2) is 5.10. The minimum atomic E-state index is -0.465. The van der Waals surface area contributed by atoms with E-state index in [9.17, 15) is 9.18 Å². The lowest BCUT2D eigenvalue weighted by Gasteiger charge is -2.07. The van der Waals surface area contributed by atoms with Crippen molar-refractivity contribution in [3.05, 3.63) is 52.6 Å². The number of hydrogen-bond acceptors (Lipinski definition) is 3. The van der Waals surface area contributed by atoms with Crippen molar-refractivity contribution in [1.29, 1.82) is 0 Å². The van der Waals surface area contributed by atoms with Crippen molar-refractivity contribution in [2.45, 2.75) is 6.92 Å². The molecule has 2 rings (SSSR count). The Morgan fingerprint density at radius 2 is 2.06 bits per heavy atom. The van der Waals surface area contributed by atoms with Crippen molar-refractivity contribution >= 4 is 23.2 Å². The first kappa shape index (κ1) is 12.4. The van der Waals surface area contributed by atoms with Crippen LogP contribution in [0, 0.1) is 12.7 Å². The molecular formula is C12H9ClFN3O. The second-order valence-corrected chi connectivity index (χ2v) is 4.04. The van der Waals surface area contributed by atoms with E-state index in [4.69, 9.17) is 11.6 Å². The summed E-state index contributed by atoms with van der Waals surface area (Å²) in [6.45, 7) is 1.77. The van der Waals surface area contributed by atoms with Gasteiger partial charge in [-0.25, -0.2) is 4.39 Å². The van der Waals surface area contributed by atoms with E-state index in [2.05, 4.69) is 15.5 Å². The maximum absolute atomic E-state index is 13.1. The van der Waals surface area contributed by atoms with E-state index in [0.29, 0.717) is 5.69 Å². The summed E-state index contributed by atoms with van der Waals surface area (Å²) in [7, 11) is 0. The topological polar surface area (TPSA) is 54.9 Å². The Bertz CT molecular complexity index is 586. The molecule has 2 aromatic rings. The van der Waals surface area contributed by atoms with Crippen LogP contribution in [0.2, 0.25) is 5.15 Å². The lowest BCUT2D eigenvalue weighted by Crippen LogP contribution is -2.15. The summed E-state index contributed by atoms with van der Waals surface area (Å²) in [6.07, 6.45) is 0. The standard InChI is InChI=1S/C12H9ClFN3O/c1-7-2-3-8(14)6-10(7)15-12(18)9-4-5-11(13)17-16-9/h2-6H,1H3,(H,15,18). The third-order valence-corrected chi connectivity index (χ3v) is 2.51. The molecule has 1 amide bonds. The maximum Gasteiger partial charge on any atom is 0.276 e. The molecule has 0 radical (unpaired) electrons. The molecule has 18 heavy (non-hydrogen) atoms. The number of aromatic nitrogens is 2. The van der Waals surface area contributed by atoms with Gasteiger partial charge in [-0.1, -0.05) is 17.7 Å². The molecule has 0 saturated heterocycles. The number of anilines is 1. The van der Waals surface area contributed by atoms with Gasteiger partial charge in [0.25, 0.3) is 5.91 Å². The molecule has 0 fully saturated rings. The molecule has 1 aromatic heterocycles. The van der Waals surface area contributed by atoms with Gasteiger partial charge in [0.05, 0.1) is 0 Å². The van der Waals surface area contributed by atoms with Crippen molar-refractivity contribution in [2.75, 3.05) is 5.32 Å². The van der Waals surface area contributed by atoms with Crippen LogP contribution in [0.1, 0.15) is 16.1 Å². The average Bonchev–Trinajstić information content (AvgIpc) is 2.34. The minimum Gasteiger partial charge on any atom is -0.320 e. The number of nitrogens with zero attached hydrogens (tertiary/aromatic N) is 2. The third kappa shape index (κ3) is 2.81. The number of aryl methyl sites for hydroxylation is 1. The van der Waals surface area contributed by atoms with Crippen LogP contribution in [0.4, 0.5) is 10.1 Å². The first-order valence-corrected chi connectivity index (χ1v) is 5.51. The molecule has 4 nitrogen and oxygen atoms in total. The molecule has 6 heteroatoms. The smallest absolute Gasteiger partial charge is 0.276 e. The minimum absolute atomic E-state index is 0.114. The predicted octanol–water partition coefficient (Wildman–Crippen LogP) is 2.83. The number of nitrogens with one attached hydrogen (secondary N) is 1. The lowest BCUT2D eigenvalue weighted by atomic mass is 10.2. The highest BCUT2D eigenvalue weighted by molar-refractivity contribution is 6.29. The quantitative estimate of drug-likeness (QED) is 0.908. The van der Waals surface area contributed by atoms with Gasteiger partial charge in [-0.3, -0.25) is 4.79 Å². The molecule has 1 aromatic carbocycles. The van der Waals surface area contributed by atoms with E-state index in [-0.39, 0.29) is 10.8 Å². The Hall–Kier alpha value is -2.01. The molecular weight excluding hydrogens is 257 g/mol. The Morgan fingerprint density at radius 3 is 2.72 bits per heavy atom. The molecule has 0 unspecified atom stereocenters. The van der Waals surface area contributed by atoms with E-state index in [1.807, 2.05) is 0 Å². The Morgan fingerprint density at radius 1 is 1.28 bits per heavy atom. The van der Waals surface area contributed by atoms with Gasteiger partial charge in [-0.2, -0.15) is 0 Å². The number of amides is 1. The van der Waals surface area contributed by atoms with Crippen LogP contribution >= 0.6 is 11.6 Å². The first-order valence-electron chi connectivity index (χ1n) is 5.13. The zero-order valence-electron chi connectivity index (χ0n) is 9.45. The number of benzene rings is 1. The zero-order chi connectivity index (χ0) is 13.1. The molecule has 1 heterocycles. The summed E-state index contributed by atoms with van der Waals surface area (Å²) in [4.78, 5) is 11.8. The monoisotopic (exact) mass is 265 g/mol. The molecule has 92 valence electrons. The number of hydrogen-bond donors (Lipinski definition) is 1. The van der Waals surface area contributed by atoms with E-state index in [1.54, 1.807) is 13.0 Å². The number of carbonyl (C=O) groups is 1. The molecule has 0 aliphatic rings. The highest BCUT2D eigenvalue weighted by Gasteiger charge is 2.10. The van der Waals surface area contributed by atoms with Crippen molar-refractivity contribution in [3.8, 4) is 0 Å². The van der Waals surface area contributed by atoms with Gasteiger partial charge in [0.15, 0.2) is 10.8 Å². The van der Waals surface area contributed by atoms with Gasteiger partial charge in [0.1, 0.15) is 5.82 Å². The van der Waals surface area contributed by atoms with Crippen LogP contribution in [0.25, 0.3) is 0 Å². The third-order valence-electron chi connectivity index (χ3n) is 2.31. The molecule has 0 spiro atoms. The summed E-state index contributed by atoms with van der Waals surface area (Å²) in [5.41, 5.74) is 1.27. The van der Waals surface area contributed by atoms with E-state index in [0.717, 1.165) is 5.56 Å². The van der Waals surface area contributed by atoms with E-state index in [1.165, 1.54) is 24.3 Å². The fraction of sp³-hybridized carbons (Fsp3) is 0.0833. The van der Waals surface area contributed by atoms with E-state index < -0.39 is 11.7 Å². The molecule has 0 atom stereocenters. The number of rotatable bonds is 2. The highest BCUT2D eigenvalue weighted by atomic mass is 35.5. The van der Waals surface area contributed by atoms with Gasteiger partial charge in [-0.05, 0) is 36.8 Å². The van der Waals surface area contributed by atoms with Gasteiger partial charge in [-0.15, -0.1) is 10.2 Å². The van der Waals surface area contributed by atoms with Crippen LogP contribution in [-0.2, 0) is 0 Å². The van der Waals surface area contributed by atoms with Crippen LogP contribution < -0.4 is 5.32 Å². The van der Waals surface area contributed by atoms with Crippen LogP contribution in [0.15, 0.2) is 30.3 Å². The fourth-order valence-corrected chi connectivity index (χ4v) is 1.45. The average molecular weight is 266 g/mol. The van der Waals surface area contributed by atoms with Crippen molar-refractivity contribution in [2.24, 2.45) is 0 Å².